The summed E-state index contributed by atoms with van der Waals surface area (Å²) in [6.45, 7) is 6.09. The highest BCUT2D eigenvalue weighted by atomic mass is 14.6. The second-order valence-corrected chi connectivity index (χ2v) is 3.06. The van der Waals surface area contributed by atoms with Crippen molar-refractivity contribution >= 4 is 6.21 Å². The summed E-state index contributed by atoms with van der Waals surface area (Å²) in [6, 6.07) is 0. The van der Waals surface area contributed by atoms with E-state index in [0.717, 1.165) is 18.5 Å². The molecule has 3 N–H and O–H groups in total. The Kier molecular flexibility index (Phi) is 4.59. The van der Waals surface area contributed by atoms with E-state index in [2.05, 4.69) is 6.92 Å². The van der Waals surface area contributed by atoms with Crippen molar-refractivity contribution in [3.8, 4) is 0 Å². The smallest absolute Gasteiger partial charge is 0.00732 e. The number of nitrogens with one attached hydrogen (secondary N) is 1. The molecule has 0 amide bonds. The monoisotopic (exact) mass is 154 g/mol. The van der Waals surface area contributed by atoms with Gasteiger partial charge < -0.3 is 11.1 Å². The van der Waals surface area contributed by atoms with Gasteiger partial charge in [-0.25, -0.2) is 0 Å². The minimum Gasteiger partial charge on any atom is -0.402 e. The van der Waals surface area contributed by atoms with Crippen LogP contribution in [0.4, 0.5) is 0 Å². The molecule has 0 aromatic carbocycles. The molecule has 0 saturated carbocycles. The topological polar surface area (TPSA) is 49.9 Å². The van der Waals surface area contributed by atoms with Gasteiger partial charge in [-0.2, -0.15) is 0 Å². The largest absolute Gasteiger partial charge is 0.402 e. The van der Waals surface area contributed by atoms with Gasteiger partial charge in [-0.3, -0.25) is 0 Å². The third kappa shape index (κ3) is 3.81. The van der Waals surface area contributed by atoms with Crippen LogP contribution in [0, 0.1) is 11.3 Å². The molecule has 11 heavy (non-hydrogen) atoms. The van der Waals surface area contributed by atoms with Crippen molar-refractivity contribution in [2.45, 2.75) is 33.6 Å². The Morgan fingerprint density at radius 3 is 2.36 bits per heavy atom. The van der Waals surface area contributed by atoms with Gasteiger partial charge >= 0.3 is 0 Å². The zero-order valence-electron chi connectivity index (χ0n) is 7.65. The molecule has 0 rings (SSSR count). The molecule has 0 radical (unpaired) electrons. The van der Waals surface area contributed by atoms with Crippen LogP contribution in [0.1, 0.15) is 33.6 Å². The van der Waals surface area contributed by atoms with Crippen LogP contribution < -0.4 is 5.73 Å². The minimum absolute atomic E-state index is 0.324. The van der Waals surface area contributed by atoms with Gasteiger partial charge in [0.05, 0.1) is 0 Å². The quantitative estimate of drug-likeness (QED) is 0.600. The fourth-order valence-electron chi connectivity index (χ4n) is 0.808. The molecule has 0 fully saturated rings. The number of rotatable bonds is 4. The predicted molar refractivity (Wildman–Crippen MR) is 49.7 cm³/mol. The molecule has 1 unspecified atom stereocenters. The first-order chi connectivity index (χ1) is 5.11. The number of hydrogen-bond donors (Lipinski definition) is 2. The van der Waals surface area contributed by atoms with E-state index in [4.69, 9.17) is 11.1 Å². The van der Waals surface area contributed by atoms with Gasteiger partial charge in [0.1, 0.15) is 0 Å². The molecular formula is C9H18N2. The van der Waals surface area contributed by atoms with Crippen molar-refractivity contribution in [3.05, 3.63) is 11.3 Å². The van der Waals surface area contributed by atoms with Crippen molar-refractivity contribution in [2.75, 3.05) is 0 Å². The highest BCUT2D eigenvalue weighted by molar-refractivity contribution is 5.57. The molecular weight excluding hydrogens is 136 g/mol. The second kappa shape index (κ2) is 4.94. The molecule has 0 aliphatic heterocycles. The van der Waals surface area contributed by atoms with Crippen LogP contribution in [0.15, 0.2) is 11.3 Å². The lowest BCUT2D eigenvalue weighted by Gasteiger charge is -2.09. The molecule has 0 aromatic rings. The SMILES string of the molecule is CCC(C=N)CC(N)=C(C)C. The van der Waals surface area contributed by atoms with Crippen LogP contribution in [-0.4, -0.2) is 6.21 Å². The fourth-order valence-corrected chi connectivity index (χ4v) is 0.808. The number of hydrogen-bond acceptors (Lipinski definition) is 2. The van der Waals surface area contributed by atoms with E-state index < -0.39 is 0 Å². The predicted octanol–water partition coefficient (Wildman–Crippen LogP) is 2.30. The molecule has 2 nitrogen and oxygen atoms in total. The van der Waals surface area contributed by atoms with E-state index >= 15 is 0 Å². The lowest BCUT2D eigenvalue weighted by molar-refractivity contribution is 0.659. The van der Waals surface area contributed by atoms with Crippen LogP contribution >= 0.6 is 0 Å². The van der Waals surface area contributed by atoms with Crippen molar-refractivity contribution < 1.29 is 0 Å². The number of allylic oxidation sites excluding steroid dienone is 2. The van der Waals surface area contributed by atoms with Crippen LogP contribution in [-0.2, 0) is 0 Å². The first kappa shape index (κ1) is 10.2. The van der Waals surface area contributed by atoms with E-state index in [-0.39, 0.29) is 0 Å². The lowest BCUT2D eigenvalue weighted by Crippen LogP contribution is -2.08. The first-order valence-corrected chi connectivity index (χ1v) is 4.04. The van der Waals surface area contributed by atoms with Crippen molar-refractivity contribution in [1.29, 1.82) is 5.41 Å². The van der Waals surface area contributed by atoms with Gasteiger partial charge in [0.15, 0.2) is 0 Å². The highest BCUT2D eigenvalue weighted by Gasteiger charge is 2.03. The normalized spacial score (nSPS) is 12.3. The summed E-state index contributed by atoms with van der Waals surface area (Å²) in [4.78, 5) is 0. The summed E-state index contributed by atoms with van der Waals surface area (Å²) < 4.78 is 0. The summed E-state index contributed by atoms with van der Waals surface area (Å²) in [7, 11) is 0. The maximum absolute atomic E-state index is 7.09. The van der Waals surface area contributed by atoms with E-state index in [1.54, 1.807) is 0 Å². The molecule has 2 heteroatoms. The number of nitrogens with two attached hydrogens (primary N) is 1. The van der Waals surface area contributed by atoms with Gasteiger partial charge in [-0.15, -0.1) is 0 Å². The Labute approximate surface area is 69.0 Å². The summed E-state index contributed by atoms with van der Waals surface area (Å²) >= 11 is 0. The molecule has 0 aliphatic carbocycles. The van der Waals surface area contributed by atoms with Gasteiger partial charge in [-0.1, -0.05) is 12.5 Å². The standard InChI is InChI=1S/C9H18N2/c1-4-8(6-10)5-9(11)7(2)3/h6,8,10H,4-5,11H2,1-3H3. The molecule has 0 spiro atoms. The summed E-state index contributed by atoms with van der Waals surface area (Å²) in [5.41, 5.74) is 7.85. The van der Waals surface area contributed by atoms with Crippen molar-refractivity contribution in [1.82, 2.24) is 0 Å². The van der Waals surface area contributed by atoms with Crippen LogP contribution in [0.3, 0.4) is 0 Å². The molecule has 0 saturated heterocycles. The maximum atomic E-state index is 7.09. The average molecular weight is 154 g/mol. The third-order valence-corrected chi connectivity index (χ3v) is 1.88. The van der Waals surface area contributed by atoms with Crippen LogP contribution in [0.25, 0.3) is 0 Å². The van der Waals surface area contributed by atoms with Gasteiger partial charge in [0.25, 0.3) is 0 Å². The zero-order chi connectivity index (χ0) is 8.85. The molecule has 0 aliphatic rings. The average Bonchev–Trinajstić information content (AvgIpc) is 1.99. The summed E-state index contributed by atoms with van der Waals surface area (Å²) in [5, 5.41) is 7.09. The van der Waals surface area contributed by atoms with Gasteiger partial charge in [0.2, 0.25) is 0 Å². The third-order valence-electron chi connectivity index (χ3n) is 1.88. The van der Waals surface area contributed by atoms with E-state index in [1.807, 2.05) is 13.8 Å². The van der Waals surface area contributed by atoms with Gasteiger partial charge in [0, 0.05) is 5.70 Å². The molecule has 0 bridgehead atoms. The maximum Gasteiger partial charge on any atom is 0.00732 e. The van der Waals surface area contributed by atoms with Crippen molar-refractivity contribution in [2.24, 2.45) is 11.7 Å². The Morgan fingerprint density at radius 2 is 2.09 bits per heavy atom. The summed E-state index contributed by atoms with van der Waals surface area (Å²) in [6.07, 6.45) is 3.32. The lowest BCUT2D eigenvalue weighted by atomic mass is 10.0. The van der Waals surface area contributed by atoms with Crippen molar-refractivity contribution in [3.63, 3.8) is 0 Å². The molecule has 0 aromatic heterocycles. The summed E-state index contributed by atoms with van der Waals surface area (Å²) in [5.74, 6) is 0.324. The Bertz CT molecular complexity index is 155. The molecule has 64 valence electrons. The van der Waals surface area contributed by atoms with Crippen LogP contribution in [0.5, 0.6) is 0 Å². The first-order valence-electron chi connectivity index (χ1n) is 4.04. The van der Waals surface area contributed by atoms with E-state index in [9.17, 15) is 0 Å². The van der Waals surface area contributed by atoms with E-state index in [0.29, 0.717) is 5.92 Å². The highest BCUT2D eigenvalue weighted by Crippen LogP contribution is 2.11. The second-order valence-electron chi connectivity index (χ2n) is 3.06. The Morgan fingerprint density at radius 1 is 1.55 bits per heavy atom. The molecule has 1 atom stereocenters. The zero-order valence-corrected chi connectivity index (χ0v) is 7.65. The van der Waals surface area contributed by atoms with Crippen LogP contribution in [0.2, 0.25) is 0 Å². The Hall–Kier alpha value is -0.790. The van der Waals surface area contributed by atoms with E-state index in [1.165, 1.54) is 11.8 Å². The molecule has 0 heterocycles. The van der Waals surface area contributed by atoms with Gasteiger partial charge in [-0.05, 0) is 38.8 Å². The fraction of sp³-hybridized carbons (Fsp3) is 0.667. The Balaban J connectivity index is 4.02. The minimum atomic E-state index is 0.324.